The molecule has 316 valence electrons. The zero-order chi connectivity index (χ0) is 43.3. The van der Waals surface area contributed by atoms with Gasteiger partial charge in [0.25, 0.3) is 5.43 Å². The average molecular weight is 823 g/mol. The minimum Gasteiger partial charge on any atom is -0.503 e. The van der Waals surface area contributed by atoms with Crippen molar-refractivity contribution in [2.45, 2.75) is 79.1 Å². The van der Waals surface area contributed by atoms with E-state index in [1.54, 1.807) is 42.5 Å². The number of benzene rings is 3. The highest BCUT2D eigenvalue weighted by Gasteiger charge is 2.28. The zero-order valence-electron chi connectivity index (χ0n) is 35.9. The molecule has 1 N–H and O–H groups in total. The van der Waals surface area contributed by atoms with E-state index in [0.29, 0.717) is 33.8 Å². The first kappa shape index (κ1) is 44.5. The molecule has 0 amide bonds. The number of aromatic hydroxyl groups is 1. The molecule has 0 unspecified atom stereocenters. The molecule has 0 spiro atoms. The Hall–Kier alpha value is -6.03. The standard InChI is InChI=1S/C51H57BF2N4O3/c1-5-9-33-56(34-10-6-2)42-25-14-37(15-26-42)13-23-41-24-31-45(55-41)47(39-19-21-40(22-20-39)48-49(59)51(61)50(48)60)46-32-30-44(58(46)52(53)54)29-18-38-16-27-43(28-17-38)57(35-11-7-3)36-12-8-4/h13-32,59H,5-12,33-36H2,1-4H3/b23-13-,29-18-,47-45+. The summed E-state index contributed by atoms with van der Waals surface area (Å²) < 4.78 is 31.4. The van der Waals surface area contributed by atoms with E-state index in [0.717, 1.165) is 98.8 Å². The Labute approximate surface area is 359 Å². The Kier molecular flexibility index (Phi) is 15.7. The van der Waals surface area contributed by atoms with E-state index in [1.807, 2.05) is 42.5 Å². The van der Waals surface area contributed by atoms with Crippen molar-refractivity contribution in [2.24, 2.45) is 4.99 Å². The van der Waals surface area contributed by atoms with Crippen LogP contribution in [0.3, 0.4) is 0 Å². The normalized spacial score (nSPS) is 13.5. The number of unbranched alkanes of at least 4 members (excludes halogenated alkanes) is 4. The van der Waals surface area contributed by atoms with Crippen LogP contribution in [0, 0.1) is 0 Å². The van der Waals surface area contributed by atoms with Gasteiger partial charge in [-0.25, -0.2) is 4.99 Å². The lowest BCUT2D eigenvalue weighted by molar-refractivity contribution is 0.465. The number of hydrogen-bond donors (Lipinski definition) is 1. The van der Waals surface area contributed by atoms with Gasteiger partial charge < -0.3 is 19.4 Å². The molecular weight excluding hydrogens is 765 g/mol. The van der Waals surface area contributed by atoms with Crippen LogP contribution in [0.5, 0.6) is 5.75 Å². The van der Waals surface area contributed by atoms with Crippen LogP contribution in [0.4, 0.5) is 20.0 Å². The third-order valence-electron chi connectivity index (χ3n) is 11.2. The average Bonchev–Trinajstić information content (AvgIpc) is 3.94. The minimum absolute atomic E-state index is 0.0503. The van der Waals surface area contributed by atoms with Gasteiger partial charge in [-0.15, -0.1) is 0 Å². The Morgan fingerprint density at radius 2 is 1.15 bits per heavy atom. The van der Waals surface area contributed by atoms with Gasteiger partial charge in [-0.05, 0) is 109 Å². The predicted octanol–water partition coefficient (Wildman–Crippen LogP) is 11.7. The first-order valence-electron chi connectivity index (χ1n) is 21.9. The van der Waals surface area contributed by atoms with E-state index in [4.69, 9.17) is 4.99 Å². The summed E-state index contributed by atoms with van der Waals surface area (Å²) in [7, 11) is -2.87. The molecular formula is C51H57BF2N4O3. The Morgan fingerprint density at radius 1 is 0.639 bits per heavy atom. The van der Waals surface area contributed by atoms with Crippen LogP contribution in [-0.4, -0.2) is 48.9 Å². The first-order valence-corrected chi connectivity index (χ1v) is 21.9. The summed E-state index contributed by atoms with van der Waals surface area (Å²) in [6, 6.07) is 26.7. The maximum atomic E-state index is 15.2. The number of anilines is 2. The van der Waals surface area contributed by atoms with Gasteiger partial charge in [0.15, 0.2) is 5.75 Å². The van der Waals surface area contributed by atoms with Crippen LogP contribution >= 0.6 is 0 Å². The van der Waals surface area contributed by atoms with E-state index in [1.165, 1.54) is 5.69 Å². The Morgan fingerprint density at radius 3 is 1.62 bits per heavy atom. The lowest BCUT2D eigenvalue weighted by Crippen LogP contribution is -2.31. The van der Waals surface area contributed by atoms with Crippen molar-refractivity contribution in [3.8, 4) is 16.9 Å². The van der Waals surface area contributed by atoms with Crippen LogP contribution in [0.25, 0.3) is 34.9 Å². The van der Waals surface area contributed by atoms with Crippen LogP contribution < -0.4 is 20.7 Å². The number of halogens is 2. The molecule has 0 bridgehead atoms. The van der Waals surface area contributed by atoms with Gasteiger partial charge in [0.05, 0.1) is 17.0 Å². The molecule has 2 heterocycles. The first-order chi connectivity index (χ1) is 29.7. The smallest absolute Gasteiger partial charge is 0.503 e. The molecule has 6 rings (SSSR count). The lowest BCUT2D eigenvalue weighted by atomic mass is 9.94. The second-order valence-corrected chi connectivity index (χ2v) is 15.6. The van der Waals surface area contributed by atoms with Gasteiger partial charge in [-0.2, -0.15) is 0 Å². The van der Waals surface area contributed by atoms with Crippen molar-refractivity contribution in [1.29, 1.82) is 0 Å². The molecule has 1 aromatic heterocycles. The van der Waals surface area contributed by atoms with Gasteiger partial charge in [-0.3, -0.25) is 18.2 Å². The molecule has 10 heteroatoms. The van der Waals surface area contributed by atoms with Crippen molar-refractivity contribution in [1.82, 2.24) is 4.48 Å². The predicted molar refractivity (Wildman–Crippen MR) is 254 cm³/mol. The monoisotopic (exact) mass is 822 g/mol. The maximum absolute atomic E-state index is 15.2. The fraction of sp³-hybridized carbons (Fsp3) is 0.314. The fourth-order valence-electron chi connectivity index (χ4n) is 7.60. The number of allylic oxidation sites excluding steroid dienone is 3. The minimum atomic E-state index is -2.87. The summed E-state index contributed by atoms with van der Waals surface area (Å²) in [4.78, 5) is 33.8. The van der Waals surface area contributed by atoms with Crippen LogP contribution in [0.1, 0.15) is 107 Å². The number of aromatic nitrogens is 1. The third kappa shape index (κ3) is 10.8. The van der Waals surface area contributed by atoms with E-state index in [-0.39, 0.29) is 11.3 Å². The SMILES string of the molecule is CCCCN(CCCC)c1ccc(/C=C\C2=NC(=C(\c3ccc(-c4c(O)c(=O)c4=O)cc3)c3ccc(/C=C\c4ccc(N(CCCC)CCCC)cc4)n3B(F)F)/C=C2)cc1. The molecule has 1 aliphatic rings. The number of nitrogens with zero attached hydrogens (tertiary/aromatic N) is 4. The zero-order valence-corrected chi connectivity index (χ0v) is 35.9. The van der Waals surface area contributed by atoms with Crippen LogP contribution in [-0.2, 0) is 0 Å². The highest BCUT2D eigenvalue weighted by atomic mass is 19.2. The van der Waals surface area contributed by atoms with Crippen molar-refractivity contribution < 1.29 is 13.7 Å². The third-order valence-corrected chi connectivity index (χ3v) is 11.2. The molecule has 0 aliphatic carbocycles. The van der Waals surface area contributed by atoms with Crippen LogP contribution in [0.2, 0.25) is 0 Å². The highest BCUT2D eigenvalue weighted by molar-refractivity contribution is 6.42. The van der Waals surface area contributed by atoms with E-state index in [9.17, 15) is 14.7 Å². The van der Waals surface area contributed by atoms with E-state index in [2.05, 4.69) is 73.9 Å². The van der Waals surface area contributed by atoms with Crippen molar-refractivity contribution in [3.05, 3.63) is 157 Å². The van der Waals surface area contributed by atoms with Gasteiger partial charge in [-0.1, -0.05) is 114 Å². The summed E-state index contributed by atoms with van der Waals surface area (Å²) in [5, 5.41) is 10.1. The summed E-state index contributed by atoms with van der Waals surface area (Å²) in [5.41, 5.74) is 5.69. The van der Waals surface area contributed by atoms with E-state index >= 15 is 8.63 Å². The van der Waals surface area contributed by atoms with Gasteiger partial charge >= 0.3 is 7.40 Å². The van der Waals surface area contributed by atoms with Gasteiger partial charge in [0.1, 0.15) is 0 Å². The molecule has 5 aromatic rings. The summed E-state index contributed by atoms with van der Waals surface area (Å²) >= 11 is 0. The molecule has 4 aromatic carbocycles. The van der Waals surface area contributed by atoms with Crippen molar-refractivity contribution in [3.63, 3.8) is 0 Å². The quantitative estimate of drug-likeness (QED) is 0.0556. The second kappa shape index (κ2) is 21.5. The van der Waals surface area contributed by atoms with Crippen molar-refractivity contribution in [2.75, 3.05) is 36.0 Å². The molecule has 0 saturated carbocycles. The molecule has 0 saturated heterocycles. The number of rotatable bonds is 22. The molecule has 61 heavy (non-hydrogen) atoms. The van der Waals surface area contributed by atoms with Gasteiger partial charge in [0.2, 0.25) is 5.43 Å². The maximum Gasteiger partial charge on any atom is 0.678 e. The second-order valence-electron chi connectivity index (χ2n) is 15.6. The summed E-state index contributed by atoms with van der Waals surface area (Å²) in [6.45, 7) is 12.9. The molecule has 0 atom stereocenters. The largest absolute Gasteiger partial charge is 0.678 e. The number of hydrogen-bond acceptors (Lipinski definition) is 6. The van der Waals surface area contributed by atoms with Gasteiger partial charge in [0, 0.05) is 54.5 Å². The Bertz CT molecular complexity index is 2440. The number of aliphatic imine (C=N–C) groups is 1. The highest BCUT2D eigenvalue weighted by Crippen LogP contribution is 2.35. The topological polar surface area (TPSA) is 78.1 Å². The summed E-state index contributed by atoms with van der Waals surface area (Å²) in [5.74, 6) is -0.570. The fourth-order valence-corrected chi connectivity index (χ4v) is 7.60. The summed E-state index contributed by atoms with van der Waals surface area (Å²) in [6.07, 6.45) is 20.2. The Balaban J connectivity index is 1.32. The molecule has 0 fully saturated rings. The van der Waals surface area contributed by atoms with E-state index < -0.39 is 24.0 Å². The molecule has 0 radical (unpaired) electrons. The van der Waals surface area contributed by atoms with Crippen molar-refractivity contribution >= 4 is 48.3 Å². The molecule has 7 nitrogen and oxygen atoms in total. The molecule has 1 aliphatic heterocycles. The van der Waals surface area contributed by atoms with Crippen LogP contribution in [0.15, 0.2) is 123 Å². The lowest BCUT2D eigenvalue weighted by Gasteiger charge is -2.24.